The van der Waals surface area contributed by atoms with Crippen LogP contribution in [0.5, 0.6) is 0 Å². The van der Waals surface area contributed by atoms with Crippen molar-refractivity contribution in [3.8, 4) is 11.8 Å². The number of hydrogen-bond acceptors (Lipinski definition) is 2. The van der Waals surface area contributed by atoms with Crippen LogP contribution in [0, 0.1) is 29.5 Å². The summed E-state index contributed by atoms with van der Waals surface area (Å²) in [6, 6.07) is 4.39. The molecular weight excluding hydrogens is 267 g/mol. The molecule has 1 aliphatic carbocycles. The summed E-state index contributed by atoms with van der Waals surface area (Å²) in [5.74, 6) is 5.64. The fourth-order valence-electron chi connectivity index (χ4n) is 2.77. The van der Waals surface area contributed by atoms with Crippen molar-refractivity contribution in [2.45, 2.75) is 26.2 Å². The van der Waals surface area contributed by atoms with Gasteiger partial charge in [-0.25, -0.2) is 4.39 Å². The van der Waals surface area contributed by atoms with E-state index in [2.05, 4.69) is 24.1 Å². The number of carbonyl (C=O) groups is 1. The van der Waals surface area contributed by atoms with Gasteiger partial charge in [0, 0.05) is 12.1 Å². The summed E-state index contributed by atoms with van der Waals surface area (Å²) in [5.41, 5.74) is 5.87. The van der Waals surface area contributed by atoms with E-state index in [4.69, 9.17) is 5.73 Å². The SMILES string of the molecule is CC1CCCC1CNC(=O)c1ccc(C#CCN)cc1F. The molecule has 0 aliphatic heterocycles. The Morgan fingerprint density at radius 2 is 2.29 bits per heavy atom. The van der Waals surface area contributed by atoms with Crippen molar-refractivity contribution >= 4 is 5.91 Å². The molecule has 3 N–H and O–H groups in total. The average molecular weight is 288 g/mol. The van der Waals surface area contributed by atoms with Gasteiger partial charge in [-0.3, -0.25) is 4.79 Å². The smallest absolute Gasteiger partial charge is 0.254 e. The minimum atomic E-state index is -0.546. The van der Waals surface area contributed by atoms with Gasteiger partial charge >= 0.3 is 0 Å². The maximum absolute atomic E-state index is 13.9. The number of amides is 1. The zero-order chi connectivity index (χ0) is 15.2. The zero-order valence-corrected chi connectivity index (χ0v) is 12.3. The van der Waals surface area contributed by atoms with Gasteiger partial charge in [-0.15, -0.1) is 0 Å². The van der Waals surface area contributed by atoms with Gasteiger partial charge in [-0.05, 0) is 36.5 Å². The first-order valence-electron chi connectivity index (χ1n) is 7.38. The molecule has 0 spiro atoms. The largest absolute Gasteiger partial charge is 0.352 e. The third-order valence-corrected chi connectivity index (χ3v) is 4.11. The highest BCUT2D eigenvalue weighted by atomic mass is 19.1. The Morgan fingerprint density at radius 1 is 1.48 bits per heavy atom. The zero-order valence-electron chi connectivity index (χ0n) is 12.3. The van der Waals surface area contributed by atoms with E-state index in [1.165, 1.54) is 25.0 Å². The molecule has 1 aliphatic rings. The van der Waals surface area contributed by atoms with Gasteiger partial charge in [0.1, 0.15) is 5.82 Å². The molecule has 1 aromatic rings. The highest BCUT2D eigenvalue weighted by Gasteiger charge is 2.24. The normalized spacial score (nSPS) is 20.7. The number of rotatable bonds is 3. The third kappa shape index (κ3) is 4.05. The van der Waals surface area contributed by atoms with Gasteiger partial charge < -0.3 is 11.1 Å². The summed E-state index contributed by atoms with van der Waals surface area (Å²) in [5, 5.41) is 2.84. The lowest BCUT2D eigenvalue weighted by Crippen LogP contribution is -2.30. The monoisotopic (exact) mass is 288 g/mol. The molecular formula is C17H21FN2O. The number of nitrogens with one attached hydrogen (secondary N) is 1. The first-order valence-corrected chi connectivity index (χ1v) is 7.38. The molecule has 21 heavy (non-hydrogen) atoms. The van der Waals surface area contributed by atoms with Crippen LogP contribution >= 0.6 is 0 Å². The number of benzene rings is 1. The van der Waals surface area contributed by atoms with E-state index in [1.54, 1.807) is 6.07 Å². The molecule has 1 aromatic carbocycles. The van der Waals surface area contributed by atoms with Crippen molar-refractivity contribution in [2.75, 3.05) is 13.1 Å². The van der Waals surface area contributed by atoms with Crippen LogP contribution in [-0.2, 0) is 0 Å². The minimum absolute atomic E-state index is 0.0685. The standard InChI is InChI=1S/C17H21FN2O/c1-12-4-2-6-14(12)11-20-17(21)15-8-7-13(5-3-9-19)10-16(15)18/h7-8,10,12,14H,2,4,6,9,11,19H2,1H3,(H,20,21). The molecule has 3 nitrogen and oxygen atoms in total. The van der Waals surface area contributed by atoms with Crippen LogP contribution in [0.3, 0.4) is 0 Å². The molecule has 2 unspecified atom stereocenters. The van der Waals surface area contributed by atoms with Crippen molar-refractivity contribution in [1.82, 2.24) is 5.32 Å². The predicted octanol–water partition coefficient (Wildman–Crippen LogP) is 2.30. The van der Waals surface area contributed by atoms with E-state index < -0.39 is 5.82 Å². The van der Waals surface area contributed by atoms with Crippen molar-refractivity contribution in [1.29, 1.82) is 0 Å². The Morgan fingerprint density at radius 3 is 2.90 bits per heavy atom. The van der Waals surface area contributed by atoms with E-state index >= 15 is 0 Å². The fourth-order valence-corrected chi connectivity index (χ4v) is 2.77. The van der Waals surface area contributed by atoms with Crippen LogP contribution in [0.25, 0.3) is 0 Å². The first kappa shape index (κ1) is 15.5. The van der Waals surface area contributed by atoms with Crippen molar-refractivity contribution in [2.24, 2.45) is 17.6 Å². The molecule has 0 bridgehead atoms. The quantitative estimate of drug-likeness (QED) is 0.839. The molecule has 4 heteroatoms. The molecule has 0 aromatic heterocycles. The van der Waals surface area contributed by atoms with Crippen LogP contribution < -0.4 is 11.1 Å². The maximum atomic E-state index is 13.9. The Balaban J connectivity index is 1.99. The van der Waals surface area contributed by atoms with Crippen LogP contribution in [-0.4, -0.2) is 19.0 Å². The second kappa shape index (κ2) is 7.24. The maximum Gasteiger partial charge on any atom is 0.254 e. The number of halogens is 1. The van der Waals surface area contributed by atoms with E-state index in [1.807, 2.05) is 0 Å². The highest BCUT2D eigenvalue weighted by Crippen LogP contribution is 2.30. The van der Waals surface area contributed by atoms with Gasteiger partial charge in [0.2, 0.25) is 0 Å². The summed E-state index contributed by atoms with van der Waals surface area (Å²) in [4.78, 5) is 12.0. The fraction of sp³-hybridized carbons (Fsp3) is 0.471. The van der Waals surface area contributed by atoms with Crippen molar-refractivity contribution in [3.05, 3.63) is 35.1 Å². The molecule has 2 atom stereocenters. The Labute approximate surface area is 125 Å². The molecule has 1 fully saturated rings. The Hall–Kier alpha value is -1.86. The van der Waals surface area contributed by atoms with Crippen LogP contribution in [0.15, 0.2) is 18.2 Å². The van der Waals surface area contributed by atoms with E-state index in [0.717, 1.165) is 6.42 Å². The minimum Gasteiger partial charge on any atom is -0.352 e. The van der Waals surface area contributed by atoms with Gasteiger partial charge in [-0.1, -0.05) is 31.6 Å². The van der Waals surface area contributed by atoms with Crippen molar-refractivity contribution in [3.63, 3.8) is 0 Å². The van der Waals surface area contributed by atoms with Gasteiger partial charge in [-0.2, -0.15) is 0 Å². The number of hydrogen-bond donors (Lipinski definition) is 2. The van der Waals surface area contributed by atoms with E-state index in [9.17, 15) is 9.18 Å². The van der Waals surface area contributed by atoms with Crippen LogP contribution in [0.4, 0.5) is 4.39 Å². The highest BCUT2D eigenvalue weighted by molar-refractivity contribution is 5.94. The summed E-state index contributed by atoms with van der Waals surface area (Å²) in [6.45, 7) is 3.05. The summed E-state index contributed by atoms with van der Waals surface area (Å²) < 4.78 is 13.9. The number of carbonyl (C=O) groups excluding carboxylic acids is 1. The lowest BCUT2D eigenvalue weighted by atomic mass is 9.98. The molecule has 1 saturated carbocycles. The molecule has 0 saturated heterocycles. The van der Waals surface area contributed by atoms with E-state index in [-0.39, 0.29) is 18.0 Å². The summed E-state index contributed by atoms with van der Waals surface area (Å²) in [6.07, 6.45) is 3.56. The van der Waals surface area contributed by atoms with Gasteiger partial charge in [0.05, 0.1) is 12.1 Å². The Kier molecular flexibility index (Phi) is 5.35. The van der Waals surface area contributed by atoms with Crippen LogP contribution in [0.2, 0.25) is 0 Å². The third-order valence-electron chi connectivity index (χ3n) is 4.11. The van der Waals surface area contributed by atoms with E-state index in [0.29, 0.717) is 23.9 Å². The molecule has 112 valence electrons. The average Bonchev–Trinajstić information content (AvgIpc) is 2.88. The van der Waals surface area contributed by atoms with Gasteiger partial charge in [0.15, 0.2) is 0 Å². The number of nitrogens with two attached hydrogens (primary N) is 1. The lowest BCUT2D eigenvalue weighted by molar-refractivity contribution is 0.0940. The molecule has 0 heterocycles. The van der Waals surface area contributed by atoms with Gasteiger partial charge in [0.25, 0.3) is 5.91 Å². The topological polar surface area (TPSA) is 55.1 Å². The molecule has 1 amide bonds. The predicted molar refractivity (Wildman–Crippen MR) is 81.2 cm³/mol. The Bertz CT molecular complexity index is 574. The lowest BCUT2D eigenvalue weighted by Gasteiger charge is -2.16. The summed E-state index contributed by atoms with van der Waals surface area (Å²) >= 11 is 0. The second-order valence-corrected chi connectivity index (χ2v) is 5.58. The second-order valence-electron chi connectivity index (χ2n) is 5.58. The van der Waals surface area contributed by atoms with Crippen LogP contribution in [0.1, 0.15) is 42.1 Å². The summed E-state index contributed by atoms with van der Waals surface area (Å²) in [7, 11) is 0. The van der Waals surface area contributed by atoms with Crippen molar-refractivity contribution < 1.29 is 9.18 Å². The first-order chi connectivity index (χ1) is 10.1. The molecule has 0 radical (unpaired) electrons. The molecule has 2 rings (SSSR count).